The van der Waals surface area contributed by atoms with Crippen molar-refractivity contribution < 1.29 is 22.8 Å². The van der Waals surface area contributed by atoms with Crippen LogP contribution in [0.5, 0.6) is 0 Å². The molecule has 4 nitrogen and oxygen atoms in total. The Balaban J connectivity index is 2.21. The van der Waals surface area contributed by atoms with E-state index in [1.54, 1.807) is 19.1 Å². The minimum Gasteiger partial charge on any atom is -0.465 e. The number of rotatable bonds is 3. The summed E-state index contributed by atoms with van der Waals surface area (Å²) in [5.74, 6) is -1.48. The van der Waals surface area contributed by atoms with Gasteiger partial charge in [0, 0.05) is 20.9 Å². The van der Waals surface area contributed by atoms with Gasteiger partial charge >= 0.3 is 5.97 Å². The van der Waals surface area contributed by atoms with Gasteiger partial charge in [0.05, 0.1) is 12.7 Å². The number of nitrogens with zero attached hydrogens (tertiary/aromatic N) is 1. The van der Waals surface area contributed by atoms with E-state index in [0.717, 1.165) is 3.57 Å². The standard InChI is InChI=1S/C17H12F2INO3/c1-8-11-7-13(17(22)23-2)12(15(19)16(11)21-24-8)5-9-3-4-10(20)6-14(9)18/h3-4,6-7H,5H2,1-2H3. The second-order valence-electron chi connectivity index (χ2n) is 5.26. The zero-order valence-electron chi connectivity index (χ0n) is 12.8. The molecule has 3 rings (SSSR count). The summed E-state index contributed by atoms with van der Waals surface area (Å²) in [5.41, 5.74) is 0.356. The molecule has 0 N–H and O–H groups in total. The van der Waals surface area contributed by atoms with Crippen LogP contribution < -0.4 is 0 Å². The number of carbonyl (C=O) groups is 1. The molecular weight excluding hydrogens is 431 g/mol. The summed E-state index contributed by atoms with van der Waals surface area (Å²) >= 11 is 1.99. The van der Waals surface area contributed by atoms with E-state index < -0.39 is 17.6 Å². The van der Waals surface area contributed by atoms with Gasteiger partial charge in [0.25, 0.3) is 0 Å². The molecule has 0 atom stereocenters. The lowest BCUT2D eigenvalue weighted by molar-refractivity contribution is 0.0599. The van der Waals surface area contributed by atoms with Gasteiger partial charge in [-0.3, -0.25) is 0 Å². The lowest BCUT2D eigenvalue weighted by atomic mass is 9.96. The van der Waals surface area contributed by atoms with E-state index in [9.17, 15) is 13.6 Å². The average Bonchev–Trinajstić information content (AvgIpc) is 2.92. The Labute approximate surface area is 149 Å². The van der Waals surface area contributed by atoms with E-state index in [1.165, 1.54) is 19.2 Å². The minimum atomic E-state index is -0.706. The molecule has 1 heterocycles. The van der Waals surface area contributed by atoms with Crippen LogP contribution in [-0.2, 0) is 11.2 Å². The van der Waals surface area contributed by atoms with Gasteiger partial charge in [-0.1, -0.05) is 11.2 Å². The molecule has 0 aliphatic carbocycles. The number of aryl methyl sites for hydroxylation is 1. The highest BCUT2D eigenvalue weighted by atomic mass is 127. The van der Waals surface area contributed by atoms with Crippen LogP contribution in [0.3, 0.4) is 0 Å². The number of methoxy groups -OCH3 is 1. The molecule has 7 heteroatoms. The molecule has 124 valence electrons. The predicted octanol–water partition coefficient (Wildman–Crippen LogP) is 4.40. The van der Waals surface area contributed by atoms with Crippen LogP contribution in [0, 0.1) is 22.1 Å². The number of aromatic nitrogens is 1. The molecule has 24 heavy (non-hydrogen) atoms. The third-order valence-electron chi connectivity index (χ3n) is 3.78. The quantitative estimate of drug-likeness (QED) is 0.445. The number of ether oxygens (including phenoxy) is 1. The van der Waals surface area contributed by atoms with Crippen LogP contribution in [0.1, 0.15) is 27.2 Å². The molecule has 0 fully saturated rings. The maximum Gasteiger partial charge on any atom is 0.338 e. The third-order valence-corrected chi connectivity index (χ3v) is 4.45. The summed E-state index contributed by atoms with van der Waals surface area (Å²) in [4.78, 5) is 12.1. The van der Waals surface area contributed by atoms with Gasteiger partial charge in [-0.2, -0.15) is 0 Å². The first-order valence-corrected chi connectivity index (χ1v) is 8.09. The number of carbonyl (C=O) groups excluding carboxylic acids is 1. The van der Waals surface area contributed by atoms with Gasteiger partial charge in [0.2, 0.25) is 0 Å². The zero-order valence-corrected chi connectivity index (χ0v) is 15.0. The Morgan fingerprint density at radius 1 is 1.33 bits per heavy atom. The Kier molecular flexibility index (Phi) is 4.53. The topological polar surface area (TPSA) is 52.3 Å². The first-order chi connectivity index (χ1) is 11.4. The van der Waals surface area contributed by atoms with Gasteiger partial charge in [-0.25, -0.2) is 13.6 Å². The largest absolute Gasteiger partial charge is 0.465 e. The van der Waals surface area contributed by atoms with Gasteiger partial charge in [-0.05, 0) is 53.3 Å². The number of halogens is 3. The van der Waals surface area contributed by atoms with Crippen molar-refractivity contribution in [2.24, 2.45) is 0 Å². The lowest BCUT2D eigenvalue weighted by Gasteiger charge is -2.11. The van der Waals surface area contributed by atoms with E-state index in [0.29, 0.717) is 11.1 Å². The van der Waals surface area contributed by atoms with Gasteiger partial charge in [0.15, 0.2) is 5.82 Å². The summed E-state index contributed by atoms with van der Waals surface area (Å²) in [6, 6.07) is 6.10. The molecule has 0 saturated heterocycles. The van der Waals surface area contributed by atoms with Crippen molar-refractivity contribution >= 4 is 39.5 Å². The molecule has 0 unspecified atom stereocenters. The smallest absolute Gasteiger partial charge is 0.338 e. The summed E-state index contributed by atoms with van der Waals surface area (Å²) in [5, 5.41) is 4.07. The monoisotopic (exact) mass is 443 g/mol. The van der Waals surface area contributed by atoms with E-state index in [2.05, 4.69) is 5.16 Å². The number of benzene rings is 2. The fraction of sp³-hybridized carbons (Fsp3) is 0.176. The van der Waals surface area contributed by atoms with Gasteiger partial charge in [0.1, 0.15) is 17.1 Å². The van der Waals surface area contributed by atoms with Crippen molar-refractivity contribution in [3.63, 3.8) is 0 Å². The van der Waals surface area contributed by atoms with Crippen LogP contribution in [0.2, 0.25) is 0 Å². The van der Waals surface area contributed by atoms with Gasteiger partial charge in [-0.15, -0.1) is 0 Å². The Morgan fingerprint density at radius 3 is 2.75 bits per heavy atom. The first-order valence-electron chi connectivity index (χ1n) is 7.02. The average molecular weight is 443 g/mol. The van der Waals surface area contributed by atoms with Crippen molar-refractivity contribution in [1.29, 1.82) is 0 Å². The number of hydrogen-bond acceptors (Lipinski definition) is 4. The molecule has 3 aromatic rings. The third kappa shape index (κ3) is 2.88. The van der Waals surface area contributed by atoms with E-state index >= 15 is 0 Å². The zero-order chi connectivity index (χ0) is 17.4. The Morgan fingerprint density at radius 2 is 2.08 bits per heavy atom. The predicted molar refractivity (Wildman–Crippen MR) is 92.0 cm³/mol. The summed E-state index contributed by atoms with van der Waals surface area (Å²) < 4.78 is 39.5. The molecule has 0 saturated carbocycles. The van der Waals surface area contributed by atoms with E-state index in [-0.39, 0.29) is 28.6 Å². The minimum absolute atomic E-state index is 0.0149. The molecule has 0 bridgehead atoms. The SMILES string of the molecule is COC(=O)c1cc2c(C)onc2c(F)c1Cc1ccc(I)cc1F. The van der Waals surface area contributed by atoms with Crippen molar-refractivity contribution in [1.82, 2.24) is 5.16 Å². The second-order valence-corrected chi connectivity index (χ2v) is 6.50. The maximum absolute atomic E-state index is 14.9. The summed E-state index contributed by atoms with van der Waals surface area (Å²) in [6.07, 6.45) is -0.0964. The van der Waals surface area contributed by atoms with Crippen LogP contribution in [0.15, 0.2) is 28.8 Å². The van der Waals surface area contributed by atoms with E-state index in [4.69, 9.17) is 9.26 Å². The highest BCUT2D eigenvalue weighted by Gasteiger charge is 2.23. The number of hydrogen-bond donors (Lipinski definition) is 0. The van der Waals surface area contributed by atoms with Crippen molar-refractivity contribution in [2.75, 3.05) is 7.11 Å². The Hall–Kier alpha value is -2.03. The molecule has 1 aromatic heterocycles. The van der Waals surface area contributed by atoms with Crippen LogP contribution in [-0.4, -0.2) is 18.2 Å². The van der Waals surface area contributed by atoms with Crippen LogP contribution in [0.25, 0.3) is 10.9 Å². The van der Waals surface area contributed by atoms with Crippen LogP contribution >= 0.6 is 22.6 Å². The lowest BCUT2D eigenvalue weighted by Crippen LogP contribution is -2.09. The molecule has 0 spiro atoms. The molecule has 0 amide bonds. The first kappa shape index (κ1) is 16.8. The second kappa shape index (κ2) is 6.46. The van der Waals surface area contributed by atoms with Crippen LogP contribution in [0.4, 0.5) is 8.78 Å². The number of esters is 1. The molecular formula is C17H12F2INO3. The fourth-order valence-electron chi connectivity index (χ4n) is 2.52. The Bertz CT molecular complexity index is 953. The van der Waals surface area contributed by atoms with Crippen molar-refractivity contribution in [3.8, 4) is 0 Å². The maximum atomic E-state index is 14.9. The van der Waals surface area contributed by atoms with Crippen molar-refractivity contribution in [2.45, 2.75) is 13.3 Å². The fourth-order valence-corrected chi connectivity index (χ4v) is 2.97. The van der Waals surface area contributed by atoms with E-state index in [1.807, 2.05) is 22.6 Å². The molecule has 0 aliphatic rings. The molecule has 2 aromatic carbocycles. The highest BCUT2D eigenvalue weighted by Crippen LogP contribution is 2.29. The normalized spacial score (nSPS) is 11.0. The molecule has 0 radical (unpaired) electrons. The molecule has 0 aliphatic heterocycles. The number of fused-ring (bicyclic) bond motifs is 1. The van der Waals surface area contributed by atoms with Crippen molar-refractivity contribution in [3.05, 3.63) is 61.9 Å². The van der Waals surface area contributed by atoms with Gasteiger partial charge < -0.3 is 9.26 Å². The summed E-state index contributed by atoms with van der Waals surface area (Å²) in [7, 11) is 1.21. The summed E-state index contributed by atoms with van der Waals surface area (Å²) in [6.45, 7) is 1.62. The highest BCUT2D eigenvalue weighted by molar-refractivity contribution is 14.1.